The number of hydrogen-bond donors (Lipinski definition) is 0. The average Bonchev–Trinajstić information content (AvgIpc) is 2.66. The first-order valence-corrected chi connectivity index (χ1v) is 5.14. The van der Waals surface area contributed by atoms with Gasteiger partial charge in [0.05, 0.1) is 12.8 Å². The molecule has 0 bridgehead atoms. The molecule has 1 rings (SSSR count). The van der Waals surface area contributed by atoms with Crippen molar-refractivity contribution < 1.29 is 13.9 Å². The molecule has 0 spiro atoms. The molecular weight excluding hydrogens is 194 g/mol. The molecule has 0 unspecified atom stereocenters. The molecule has 4 heteroatoms. The predicted octanol–water partition coefficient (Wildman–Crippen LogP) is 2.08. The van der Waals surface area contributed by atoms with E-state index >= 15 is 0 Å². The van der Waals surface area contributed by atoms with Crippen LogP contribution in [0.1, 0.15) is 39.3 Å². The largest absolute Gasteiger partial charge is 0.465 e. The minimum atomic E-state index is -0.767. The Morgan fingerprint density at radius 3 is 2.67 bits per heavy atom. The molecule has 0 saturated carbocycles. The van der Waals surface area contributed by atoms with Crippen molar-refractivity contribution in [3.8, 4) is 0 Å². The van der Waals surface area contributed by atoms with Gasteiger partial charge in [0.25, 0.3) is 0 Å². The van der Waals surface area contributed by atoms with Gasteiger partial charge in [-0.3, -0.25) is 4.79 Å². The molecule has 0 saturated heterocycles. The summed E-state index contributed by atoms with van der Waals surface area (Å²) >= 11 is 0. The van der Waals surface area contributed by atoms with Crippen LogP contribution >= 0.6 is 0 Å². The molecule has 0 aliphatic rings. The number of ether oxygens (including phenoxy) is 1. The van der Waals surface area contributed by atoms with E-state index in [1.807, 2.05) is 6.92 Å². The van der Waals surface area contributed by atoms with Gasteiger partial charge in [0, 0.05) is 6.42 Å². The summed E-state index contributed by atoms with van der Waals surface area (Å²) in [6.07, 6.45) is 2.31. The standard InChI is InChI=1S/C11H17NO3/c1-5-9-12-7-8(15-9)11(3,4)10(13)14-6-2/h7H,5-6H2,1-4H3. The molecule has 84 valence electrons. The van der Waals surface area contributed by atoms with Crippen molar-refractivity contribution in [3.05, 3.63) is 17.8 Å². The van der Waals surface area contributed by atoms with Crippen LogP contribution in [0.2, 0.25) is 0 Å². The van der Waals surface area contributed by atoms with Crippen LogP contribution in [0.15, 0.2) is 10.6 Å². The monoisotopic (exact) mass is 211 g/mol. The number of esters is 1. The van der Waals surface area contributed by atoms with Crippen molar-refractivity contribution in [1.29, 1.82) is 0 Å². The number of carbonyl (C=O) groups is 1. The molecule has 0 aromatic carbocycles. The third kappa shape index (κ3) is 2.37. The normalized spacial score (nSPS) is 11.5. The van der Waals surface area contributed by atoms with Crippen LogP contribution < -0.4 is 0 Å². The number of aryl methyl sites for hydroxylation is 1. The van der Waals surface area contributed by atoms with E-state index in [2.05, 4.69) is 4.98 Å². The van der Waals surface area contributed by atoms with Gasteiger partial charge >= 0.3 is 5.97 Å². The lowest BCUT2D eigenvalue weighted by Gasteiger charge is -2.18. The number of carbonyl (C=O) groups excluding carboxylic acids is 1. The second-order valence-corrected chi connectivity index (χ2v) is 3.82. The van der Waals surface area contributed by atoms with Crippen molar-refractivity contribution in [2.24, 2.45) is 0 Å². The molecule has 0 amide bonds. The first kappa shape index (κ1) is 11.8. The summed E-state index contributed by atoms with van der Waals surface area (Å²) in [5, 5.41) is 0. The second-order valence-electron chi connectivity index (χ2n) is 3.82. The Labute approximate surface area is 89.6 Å². The molecule has 1 heterocycles. The van der Waals surface area contributed by atoms with Gasteiger partial charge < -0.3 is 9.15 Å². The predicted molar refractivity (Wildman–Crippen MR) is 55.5 cm³/mol. The lowest BCUT2D eigenvalue weighted by molar-refractivity contribution is -0.149. The van der Waals surface area contributed by atoms with Crippen molar-refractivity contribution in [1.82, 2.24) is 4.98 Å². The highest BCUT2D eigenvalue weighted by atomic mass is 16.5. The zero-order valence-electron chi connectivity index (χ0n) is 9.66. The molecular formula is C11H17NO3. The summed E-state index contributed by atoms with van der Waals surface area (Å²) in [7, 11) is 0. The van der Waals surface area contributed by atoms with E-state index in [1.165, 1.54) is 0 Å². The maximum atomic E-state index is 11.7. The van der Waals surface area contributed by atoms with E-state index in [0.29, 0.717) is 18.3 Å². The van der Waals surface area contributed by atoms with Gasteiger partial charge in [-0.1, -0.05) is 6.92 Å². The molecule has 4 nitrogen and oxygen atoms in total. The van der Waals surface area contributed by atoms with Crippen molar-refractivity contribution in [2.75, 3.05) is 6.61 Å². The van der Waals surface area contributed by atoms with Gasteiger partial charge in [-0.25, -0.2) is 4.98 Å². The molecule has 0 atom stereocenters. The fourth-order valence-corrected chi connectivity index (χ4v) is 1.17. The topological polar surface area (TPSA) is 52.3 Å². The van der Waals surface area contributed by atoms with Gasteiger partial charge in [0.1, 0.15) is 11.2 Å². The molecule has 0 aliphatic carbocycles. The molecule has 0 N–H and O–H groups in total. The molecule has 0 aliphatic heterocycles. The van der Waals surface area contributed by atoms with Crippen molar-refractivity contribution in [3.63, 3.8) is 0 Å². The van der Waals surface area contributed by atoms with E-state index in [0.717, 1.165) is 6.42 Å². The van der Waals surface area contributed by atoms with Gasteiger partial charge in [-0.05, 0) is 20.8 Å². The second kappa shape index (κ2) is 4.47. The molecule has 0 radical (unpaired) electrons. The Hall–Kier alpha value is -1.32. The average molecular weight is 211 g/mol. The van der Waals surface area contributed by atoms with Gasteiger partial charge in [-0.15, -0.1) is 0 Å². The Morgan fingerprint density at radius 2 is 2.20 bits per heavy atom. The summed E-state index contributed by atoms with van der Waals surface area (Å²) in [5.74, 6) is 0.906. The minimum Gasteiger partial charge on any atom is -0.465 e. The minimum absolute atomic E-state index is 0.288. The van der Waals surface area contributed by atoms with Crippen LogP contribution in [0.25, 0.3) is 0 Å². The van der Waals surface area contributed by atoms with Crippen molar-refractivity contribution >= 4 is 5.97 Å². The van der Waals surface area contributed by atoms with Crippen LogP contribution in [-0.4, -0.2) is 17.6 Å². The van der Waals surface area contributed by atoms with Crippen LogP contribution in [0.5, 0.6) is 0 Å². The van der Waals surface area contributed by atoms with E-state index in [9.17, 15) is 4.79 Å². The number of hydrogen-bond acceptors (Lipinski definition) is 4. The van der Waals surface area contributed by atoms with E-state index < -0.39 is 5.41 Å². The molecule has 1 aromatic rings. The quantitative estimate of drug-likeness (QED) is 0.715. The fourth-order valence-electron chi connectivity index (χ4n) is 1.17. The number of oxazole rings is 1. The highest BCUT2D eigenvalue weighted by Crippen LogP contribution is 2.25. The van der Waals surface area contributed by atoms with Crippen LogP contribution in [-0.2, 0) is 21.4 Å². The summed E-state index contributed by atoms with van der Waals surface area (Å²) in [4.78, 5) is 15.7. The molecule has 1 aromatic heterocycles. The fraction of sp³-hybridized carbons (Fsp3) is 0.636. The SMILES string of the molecule is CCOC(=O)C(C)(C)c1cnc(CC)o1. The summed E-state index contributed by atoms with van der Waals surface area (Å²) < 4.78 is 10.4. The van der Waals surface area contributed by atoms with Crippen LogP contribution in [0.3, 0.4) is 0 Å². The maximum absolute atomic E-state index is 11.7. The first-order valence-electron chi connectivity index (χ1n) is 5.14. The zero-order chi connectivity index (χ0) is 11.5. The van der Waals surface area contributed by atoms with Crippen LogP contribution in [0.4, 0.5) is 0 Å². The smallest absolute Gasteiger partial charge is 0.319 e. The molecule has 0 fully saturated rings. The summed E-state index contributed by atoms with van der Waals surface area (Å²) in [6.45, 7) is 7.64. The summed E-state index contributed by atoms with van der Waals surface area (Å²) in [6, 6.07) is 0. The highest BCUT2D eigenvalue weighted by molar-refractivity contribution is 5.81. The van der Waals surface area contributed by atoms with Gasteiger partial charge in [0.15, 0.2) is 5.89 Å². The number of rotatable bonds is 4. The van der Waals surface area contributed by atoms with E-state index in [-0.39, 0.29) is 5.97 Å². The Bertz CT molecular complexity index is 341. The Kier molecular flexibility index (Phi) is 3.50. The third-order valence-electron chi connectivity index (χ3n) is 2.26. The lowest BCUT2D eigenvalue weighted by atomic mass is 9.91. The summed E-state index contributed by atoms with van der Waals surface area (Å²) in [5.41, 5.74) is -0.767. The highest BCUT2D eigenvalue weighted by Gasteiger charge is 2.35. The zero-order valence-corrected chi connectivity index (χ0v) is 9.66. The Balaban J connectivity index is 2.89. The number of aromatic nitrogens is 1. The van der Waals surface area contributed by atoms with E-state index in [1.54, 1.807) is 27.0 Å². The van der Waals surface area contributed by atoms with Crippen molar-refractivity contribution in [2.45, 2.75) is 39.5 Å². The van der Waals surface area contributed by atoms with Crippen LogP contribution in [0, 0.1) is 0 Å². The van der Waals surface area contributed by atoms with Gasteiger partial charge in [-0.2, -0.15) is 0 Å². The lowest BCUT2D eigenvalue weighted by Crippen LogP contribution is -2.30. The van der Waals surface area contributed by atoms with Gasteiger partial charge in [0.2, 0.25) is 0 Å². The van der Waals surface area contributed by atoms with E-state index in [4.69, 9.17) is 9.15 Å². The number of nitrogens with zero attached hydrogens (tertiary/aromatic N) is 1. The first-order chi connectivity index (χ1) is 7.02. The maximum Gasteiger partial charge on any atom is 0.319 e. The Morgan fingerprint density at radius 1 is 1.53 bits per heavy atom. The molecule has 15 heavy (non-hydrogen) atoms. The third-order valence-corrected chi connectivity index (χ3v) is 2.26.